The Hall–Kier alpha value is -1.16. The fourth-order valence-corrected chi connectivity index (χ4v) is 1.61. The van der Waals surface area contributed by atoms with Crippen LogP contribution in [0.5, 0.6) is 0 Å². The molecular formula is C10H13O5P. The first kappa shape index (κ1) is 12.9. The molecular weight excluding hydrogens is 231 g/mol. The molecule has 0 unspecified atom stereocenters. The molecule has 0 saturated carbocycles. The maximum Gasteiger partial charge on any atom is 0.356 e. The molecule has 2 N–H and O–H groups in total. The largest absolute Gasteiger partial charge is 0.462 e. The molecule has 1 aromatic rings. The van der Waals surface area contributed by atoms with Crippen LogP contribution in [0.3, 0.4) is 0 Å². The Bertz CT molecular complexity index is 406. The molecule has 0 aliphatic carbocycles. The first-order valence-electron chi connectivity index (χ1n) is 4.78. The van der Waals surface area contributed by atoms with Crippen molar-refractivity contribution in [3.8, 4) is 0 Å². The summed E-state index contributed by atoms with van der Waals surface area (Å²) in [6, 6.07) is 5.13. The van der Waals surface area contributed by atoms with Crippen molar-refractivity contribution in [2.45, 2.75) is 13.3 Å². The lowest BCUT2D eigenvalue weighted by atomic mass is 10.2. The van der Waals surface area contributed by atoms with E-state index in [2.05, 4.69) is 0 Å². The summed E-state index contributed by atoms with van der Waals surface area (Å²) in [4.78, 5) is 29.1. The van der Waals surface area contributed by atoms with Crippen molar-refractivity contribution in [3.05, 3.63) is 29.8 Å². The van der Waals surface area contributed by atoms with Gasteiger partial charge in [-0.05, 0) is 30.7 Å². The molecule has 0 heterocycles. The molecule has 16 heavy (non-hydrogen) atoms. The lowest BCUT2D eigenvalue weighted by molar-refractivity contribution is 0.0505. The summed E-state index contributed by atoms with van der Waals surface area (Å²) < 4.78 is 15.7. The molecule has 0 saturated heterocycles. The summed E-state index contributed by atoms with van der Waals surface area (Å²) in [5, 5.41) is -0.112. The molecule has 0 aliphatic heterocycles. The average molecular weight is 244 g/mol. The standard InChI is InChI=1S/C10H13O5P/c1-2-7-15-10(11)8-3-5-9(6-4-8)16(12,13)14/h3-6H,2,7H2,1H3,(H2,12,13,14). The number of carbonyl (C=O) groups is 1. The van der Waals surface area contributed by atoms with Crippen LogP contribution in [0.25, 0.3) is 0 Å². The highest BCUT2D eigenvalue weighted by molar-refractivity contribution is 7.60. The normalized spacial score (nSPS) is 11.2. The third-order valence-electron chi connectivity index (χ3n) is 1.88. The zero-order chi connectivity index (χ0) is 12.2. The Balaban J connectivity index is 2.79. The highest BCUT2D eigenvalue weighted by Gasteiger charge is 2.17. The molecule has 6 heteroatoms. The molecule has 0 atom stereocenters. The molecule has 0 spiro atoms. The van der Waals surface area contributed by atoms with E-state index in [4.69, 9.17) is 14.5 Å². The van der Waals surface area contributed by atoms with Crippen molar-refractivity contribution in [2.24, 2.45) is 0 Å². The Morgan fingerprint density at radius 2 is 1.88 bits per heavy atom. The van der Waals surface area contributed by atoms with Crippen LogP contribution >= 0.6 is 7.60 Å². The maximum absolute atomic E-state index is 11.3. The molecule has 1 rings (SSSR count). The van der Waals surface area contributed by atoms with Gasteiger partial charge in [0.25, 0.3) is 0 Å². The van der Waals surface area contributed by atoms with E-state index in [1.54, 1.807) is 0 Å². The van der Waals surface area contributed by atoms with Crippen LogP contribution in [-0.4, -0.2) is 22.4 Å². The minimum atomic E-state index is -4.24. The van der Waals surface area contributed by atoms with Crippen LogP contribution < -0.4 is 5.30 Å². The van der Waals surface area contributed by atoms with Gasteiger partial charge in [0.05, 0.1) is 17.5 Å². The van der Waals surface area contributed by atoms with E-state index < -0.39 is 13.6 Å². The predicted molar refractivity (Wildman–Crippen MR) is 58.7 cm³/mol. The van der Waals surface area contributed by atoms with Gasteiger partial charge in [0.15, 0.2) is 0 Å². The first-order chi connectivity index (χ1) is 7.45. The summed E-state index contributed by atoms with van der Waals surface area (Å²) in [6.07, 6.45) is 0.728. The van der Waals surface area contributed by atoms with Gasteiger partial charge in [-0.25, -0.2) is 4.79 Å². The van der Waals surface area contributed by atoms with Gasteiger partial charge in [0.2, 0.25) is 0 Å². The Labute approximate surface area is 93.2 Å². The molecule has 0 aromatic heterocycles. The van der Waals surface area contributed by atoms with Crippen LogP contribution in [0.1, 0.15) is 23.7 Å². The van der Waals surface area contributed by atoms with E-state index in [0.717, 1.165) is 6.42 Å². The molecule has 0 fully saturated rings. The number of ether oxygens (including phenoxy) is 1. The van der Waals surface area contributed by atoms with Gasteiger partial charge in [-0.1, -0.05) is 6.92 Å². The number of benzene rings is 1. The van der Waals surface area contributed by atoms with E-state index >= 15 is 0 Å². The van der Waals surface area contributed by atoms with Crippen LogP contribution in [0.2, 0.25) is 0 Å². The van der Waals surface area contributed by atoms with Crippen molar-refractivity contribution >= 4 is 18.9 Å². The molecule has 5 nitrogen and oxygen atoms in total. The highest BCUT2D eigenvalue weighted by Crippen LogP contribution is 2.32. The summed E-state index contributed by atoms with van der Waals surface area (Å²) in [7, 11) is -4.24. The molecule has 0 amide bonds. The molecule has 0 radical (unpaired) electrons. The molecule has 0 aliphatic rings. The van der Waals surface area contributed by atoms with Gasteiger partial charge in [-0.3, -0.25) is 4.57 Å². The summed E-state index contributed by atoms with van der Waals surface area (Å²) >= 11 is 0. The monoisotopic (exact) mass is 244 g/mol. The maximum atomic E-state index is 11.3. The third kappa shape index (κ3) is 3.45. The van der Waals surface area contributed by atoms with E-state index in [0.29, 0.717) is 6.61 Å². The number of hydrogen-bond donors (Lipinski definition) is 2. The van der Waals surface area contributed by atoms with Crippen molar-refractivity contribution in [1.29, 1.82) is 0 Å². The summed E-state index contributed by atoms with van der Waals surface area (Å²) in [5.41, 5.74) is 0.283. The van der Waals surface area contributed by atoms with Gasteiger partial charge in [-0.2, -0.15) is 0 Å². The Morgan fingerprint density at radius 1 is 1.31 bits per heavy atom. The van der Waals surface area contributed by atoms with E-state index in [9.17, 15) is 9.36 Å². The van der Waals surface area contributed by atoms with Gasteiger partial charge in [0.1, 0.15) is 0 Å². The average Bonchev–Trinajstić information content (AvgIpc) is 2.25. The lowest BCUT2D eigenvalue weighted by Crippen LogP contribution is -2.09. The SMILES string of the molecule is CCCOC(=O)c1ccc(P(=O)(O)O)cc1. The predicted octanol–water partition coefficient (Wildman–Crippen LogP) is 1.06. The lowest BCUT2D eigenvalue weighted by Gasteiger charge is -2.05. The second-order valence-corrected chi connectivity index (χ2v) is 4.83. The van der Waals surface area contributed by atoms with Crippen LogP contribution in [0, 0.1) is 0 Å². The topological polar surface area (TPSA) is 83.8 Å². The van der Waals surface area contributed by atoms with E-state index in [1.165, 1.54) is 24.3 Å². The number of esters is 1. The van der Waals surface area contributed by atoms with Gasteiger partial charge in [-0.15, -0.1) is 0 Å². The van der Waals surface area contributed by atoms with E-state index in [-0.39, 0.29) is 10.9 Å². The van der Waals surface area contributed by atoms with Crippen LogP contribution in [-0.2, 0) is 9.30 Å². The van der Waals surface area contributed by atoms with Crippen molar-refractivity contribution < 1.29 is 23.9 Å². The number of carbonyl (C=O) groups excluding carboxylic acids is 1. The summed E-state index contributed by atoms with van der Waals surface area (Å²) in [5.74, 6) is -0.487. The third-order valence-corrected chi connectivity index (χ3v) is 2.85. The fourth-order valence-electron chi connectivity index (χ4n) is 1.07. The van der Waals surface area contributed by atoms with Crippen LogP contribution in [0.15, 0.2) is 24.3 Å². The van der Waals surface area contributed by atoms with Gasteiger partial charge in [0, 0.05) is 0 Å². The summed E-state index contributed by atoms with van der Waals surface area (Å²) in [6.45, 7) is 2.21. The highest BCUT2D eigenvalue weighted by atomic mass is 31.2. The van der Waals surface area contributed by atoms with Crippen molar-refractivity contribution in [3.63, 3.8) is 0 Å². The number of hydrogen-bond acceptors (Lipinski definition) is 3. The Kier molecular flexibility index (Phi) is 4.24. The minimum Gasteiger partial charge on any atom is -0.462 e. The molecule has 88 valence electrons. The minimum absolute atomic E-state index is 0.112. The first-order valence-corrected chi connectivity index (χ1v) is 6.39. The second-order valence-electron chi connectivity index (χ2n) is 3.23. The van der Waals surface area contributed by atoms with E-state index in [1.807, 2.05) is 6.92 Å². The van der Waals surface area contributed by atoms with Crippen LogP contribution in [0.4, 0.5) is 0 Å². The quantitative estimate of drug-likeness (QED) is 0.611. The zero-order valence-corrected chi connectivity index (χ0v) is 9.68. The Morgan fingerprint density at radius 3 is 2.31 bits per heavy atom. The molecule has 1 aromatic carbocycles. The fraction of sp³-hybridized carbons (Fsp3) is 0.300. The smallest absolute Gasteiger partial charge is 0.356 e. The molecule has 0 bridgehead atoms. The second kappa shape index (κ2) is 5.25. The zero-order valence-electron chi connectivity index (χ0n) is 8.79. The van der Waals surface area contributed by atoms with Gasteiger partial charge >= 0.3 is 13.6 Å². The number of rotatable bonds is 4. The van der Waals surface area contributed by atoms with Crippen molar-refractivity contribution in [2.75, 3.05) is 6.61 Å². The van der Waals surface area contributed by atoms with Crippen molar-refractivity contribution in [1.82, 2.24) is 0 Å². The van der Waals surface area contributed by atoms with Gasteiger partial charge < -0.3 is 14.5 Å².